The van der Waals surface area contributed by atoms with Crippen LogP contribution in [-0.2, 0) is 20.0 Å². The molecule has 0 aliphatic rings. The Bertz CT molecular complexity index is 814. The van der Waals surface area contributed by atoms with E-state index in [1.54, 1.807) is 0 Å². The number of amides is 1. The van der Waals surface area contributed by atoms with E-state index in [4.69, 9.17) is 9.94 Å². The van der Waals surface area contributed by atoms with Crippen LogP contribution in [0.4, 0.5) is 0 Å². The fourth-order valence-corrected chi connectivity index (χ4v) is 3.10. The SMILES string of the molecule is O=C(O)CCC(=O)NOC(c1ccccc1)(c1ccccc1)c1ccccc1. The lowest BCUT2D eigenvalue weighted by molar-refractivity contribution is -0.147. The summed E-state index contributed by atoms with van der Waals surface area (Å²) < 4.78 is 0. The number of nitrogens with one attached hydrogen (secondary N) is 1. The van der Waals surface area contributed by atoms with Gasteiger partial charge < -0.3 is 5.11 Å². The Morgan fingerprint density at radius 3 is 1.46 bits per heavy atom. The molecular formula is C23H21NO4. The number of carbonyl (C=O) groups is 2. The molecule has 2 N–H and O–H groups in total. The van der Waals surface area contributed by atoms with Crippen LogP contribution in [0, 0.1) is 0 Å². The van der Waals surface area contributed by atoms with Crippen LogP contribution in [0.5, 0.6) is 0 Å². The van der Waals surface area contributed by atoms with Crippen molar-refractivity contribution in [2.75, 3.05) is 0 Å². The minimum atomic E-state index is -1.08. The van der Waals surface area contributed by atoms with Crippen LogP contribution in [0.25, 0.3) is 0 Å². The van der Waals surface area contributed by atoms with E-state index in [9.17, 15) is 9.59 Å². The first kappa shape index (κ1) is 19.3. The van der Waals surface area contributed by atoms with Crippen molar-refractivity contribution in [2.45, 2.75) is 18.4 Å². The first-order chi connectivity index (χ1) is 13.6. The molecular weight excluding hydrogens is 354 g/mol. The molecule has 0 saturated carbocycles. The maximum Gasteiger partial charge on any atom is 0.303 e. The molecule has 28 heavy (non-hydrogen) atoms. The van der Waals surface area contributed by atoms with E-state index in [1.165, 1.54) is 0 Å². The summed E-state index contributed by atoms with van der Waals surface area (Å²) in [6, 6.07) is 28.8. The molecule has 0 unspecified atom stereocenters. The normalized spacial score (nSPS) is 11.0. The van der Waals surface area contributed by atoms with E-state index in [1.807, 2.05) is 91.0 Å². The van der Waals surface area contributed by atoms with Crippen molar-refractivity contribution in [3.05, 3.63) is 108 Å². The number of carbonyl (C=O) groups excluding carboxylic acids is 1. The maximum absolute atomic E-state index is 12.2. The van der Waals surface area contributed by atoms with Gasteiger partial charge >= 0.3 is 5.97 Å². The van der Waals surface area contributed by atoms with Crippen LogP contribution in [0.2, 0.25) is 0 Å². The molecule has 0 saturated heterocycles. The lowest BCUT2D eigenvalue weighted by atomic mass is 9.80. The van der Waals surface area contributed by atoms with E-state index in [-0.39, 0.29) is 12.8 Å². The Morgan fingerprint density at radius 2 is 1.11 bits per heavy atom. The zero-order valence-corrected chi connectivity index (χ0v) is 15.2. The second-order valence-electron chi connectivity index (χ2n) is 6.30. The van der Waals surface area contributed by atoms with Gasteiger partial charge in [-0.25, -0.2) is 5.48 Å². The third-order valence-corrected chi connectivity index (χ3v) is 4.42. The molecule has 3 rings (SSSR count). The van der Waals surface area contributed by atoms with Crippen molar-refractivity contribution >= 4 is 11.9 Å². The number of carboxylic acids is 1. The monoisotopic (exact) mass is 375 g/mol. The molecule has 0 fully saturated rings. The predicted molar refractivity (Wildman–Crippen MR) is 105 cm³/mol. The van der Waals surface area contributed by atoms with Gasteiger partial charge in [-0.3, -0.25) is 14.4 Å². The summed E-state index contributed by atoms with van der Waals surface area (Å²) in [5.41, 5.74) is 3.91. The molecule has 0 bridgehead atoms. The van der Waals surface area contributed by atoms with Gasteiger partial charge in [-0.1, -0.05) is 91.0 Å². The second kappa shape index (κ2) is 8.97. The zero-order valence-electron chi connectivity index (χ0n) is 15.2. The van der Waals surface area contributed by atoms with Gasteiger partial charge in [0.15, 0.2) is 5.60 Å². The number of benzene rings is 3. The summed E-state index contributed by atoms with van der Waals surface area (Å²) in [6.45, 7) is 0. The van der Waals surface area contributed by atoms with E-state index >= 15 is 0 Å². The largest absolute Gasteiger partial charge is 0.481 e. The third kappa shape index (κ3) is 4.27. The number of hydrogen-bond donors (Lipinski definition) is 2. The molecule has 0 aliphatic heterocycles. The van der Waals surface area contributed by atoms with Gasteiger partial charge in [-0.15, -0.1) is 0 Å². The summed E-state index contributed by atoms with van der Waals surface area (Å²) in [5.74, 6) is -1.52. The van der Waals surface area contributed by atoms with Crippen LogP contribution < -0.4 is 5.48 Å². The first-order valence-electron chi connectivity index (χ1n) is 8.98. The molecule has 0 radical (unpaired) electrons. The van der Waals surface area contributed by atoms with Crippen LogP contribution in [-0.4, -0.2) is 17.0 Å². The Balaban J connectivity index is 2.06. The molecule has 5 heteroatoms. The summed E-state index contributed by atoms with van der Waals surface area (Å²) in [6.07, 6.45) is -0.423. The van der Waals surface area contributed by atoms with Crippen LogP contribution >= 0.6 is 0 Å². The number of rotatable bonds is 8. The summed E-state index contributed by atoms with van der Waals surface area (Å²) in [4.78, 5) is 29.0. The lowest BCUT2D eigenvalue weighted by Gasteiger charge is -2.35. The third-order valence-electron chi connectivity index (χ3n) is 4.42. The van der Waals surface area contributed by atoms with Crippen molar-refractivity contribution < 1.29 is 19.5 Å². The Hall–Kier alpha value is -3.44. The summed E-state index contributed by atoms with van der Waals surface area (Å²) >= 11 is 0. The topological polar surface area (TPSA) is 75.6 Å². The van der Waals surface area contributed by atoms with Gasteiger partial charge in [0.1, 0.15) is 0 Å². The fraction of sp³-hybridized carbons (Fsp3) is 0.130. The van der Waals surface area contributed by atoms with Gasteiger partial charge in [-0.2, -0.15) is 0 Å². The molecule has 0 aliphatic carbocycles. The number of hydrogen-bond acceptors (Lipinski definition) is 3. The Morgan fingerprint density at radius 1 is 0.714 bits per heavy atom. The minimum Gasteiger partial charge on any atom is -0.481 e. The predicted octanol–water partition coefficient (Wildman–Crippen LogP) is 3.89. The standard InChI is InChI=1S/C23H21NO4/c25-21(16-17-22(26)27)24-28-23(18-10-4-1-5-11-18,19-12-6-2-7-13-19)20-14-8-3-9-15-20/h1-15H,16-17H2,(H,24,25)(H,26,27). The number of aliphatic carboxylic acids is 1. The van der Waals surface area contributed by atoms with Crippen LogP contribution in [0.1, 0.15) is 29.5 Å². The molecule has 5 nitrogen and oxygen atoms in total. The summed E-state index contributed by atoms with van der Waals surface area (Å²) in [7, 11) is 0. The minimum absolute atomic E-state index is 0.163. The van der Waals surface area contributed by atoms with Gasteiger partial charge in [0, 0.05) is 6.42 Å². The van der Waals surface area contributed by atoms with Gasteiger partial charge in [0.25, 0.3) is 0 Å². The van der Waals surface area contributed by atoms with E-state index < -0.39 is 17.5 Å². The highest BCUT2D eigenvalue weighted by atomic mass is 16.7. The molecule has 3 aromatic carbocycles. The van der Waals surface area contributed by atoms with Crippen molar-refractivity contribution in [2.24, 2.45) is 0 Å². The highest BCUT2D eigenvalue weighted by molar-refractivity contribution is 5.79. The zero-order chi connectivity index (χ0) is 19.8. The first-order valence-corrected chi connectivity index (χ1v) is 8.98. The smallest absolute Gasteiger partial charge is 0.303 e. The average molecular weight is 375 g/mol. The van der Waals surface area contributed by atoms with E-state index in [2.05, 4.69) is 5.48 Å². The molecule has 0 heterocycles. The molecule has 1 amide bonds. The molecule has 3 aromatic rings. The maximum atomic E-state index is 12.2. The lowest BCUT2D eigenvalue weighted by Crippen LogP contribution is -2.40. The Labute approximate surface area is 163 Å². The molecule has 0 aromatic heterocycles. The highest BCUT2D eigenvalue weighted by Gasteiger charge is 2.39. The van der Waals surface area contributed by atoms with E-state index in [0.717, 1.165) is 16.7 Å². The van der Waals surface area contributed by atoms with E-state index in [0.29, 0.717) is 0 Å². The highest BCUT2D eigenvalue weighted by Crippen LogP contribution is 2.39. The Kier molecular flexibility index (Phi) is 6.19. The quantitative estimate of drug-likeness (QED) is 0.463. The van der Waals surface area contributed by atoms with Crippen molar-refractivity contribution in [1.82, 2.24) is 5.48 Å². The second-order valence-corrected chi connectivity index (χ2v) is 6.30. The number of hydroxylamine groups is 1. The molecule has 0 spiro atoms. The van der Waals surface area contributed by atoms with Gasteiger partial charge in [0.05, 0.1) is 6.42 Å². The fourth-order valence-electron chi connectivity index (χ4n) is 3.10. The van der Waals surface area contributed by atoms with Crippen LogP contribution in [0.15, 0.2) is 91.0 Å². The molecule has 0 atom stereocenters. The van der Waals surface area contributed by atoms with Crippen molar-refractivity contribution in [1.29, 1.82) is 0 Å². The van der Waals surface area contributed by atoms with Crippen molar-refractivity contribution in [3.8, 4) is 0 Å². The van der Waals surface area contributed by atoms with Gasteiger partial charge in [-0.05, 0) is 16.7 Å². The average Bonchev–Trinajstić information content (AvgIpc) is 2.75. The molecule has 142 valence electrons. The van der Waals surface area contributed by atoms with Crippen molar-refractivity contribution in [3.63, 3.8) is 0 Å². The summed E-state index contributed by atoms with van der Waals surface area (Å²) in [5, 5.41) is 8.80. The van der Waals surface area contributed by atoms with Crippen LogP contribution in [0.3, 0.4) is 0 Å². The number of carboxylic acid groups (broad SMARTS) is 1. The van der Waals surface area contributed by atoms with Gasteiger partial charge in [0.2, 0.25) is 5.91 Å².